The summed E-state index contributed by atoms with van der Waals surface area (Å²) in [6.07, 6.45) is 7.73. The summed E-state index contributed by atoms with van der Waals surface area (Å²) in [5, 5.41) is 4.92. The van der Waals surface area contributed by atoms with Crippen molar-refractivity contribution in [2.75, 3.05) is 31.5 Å². The fourth-order valence-electron chi connectivity index (χ4n) is 4.57. The number of benzene rings is 1. The molecule has 0 radical (unpaired) electrons. The maximum atomic E-state index is 12.8. The van der Waals surface area contributed by atoms with Crippen LogP contribution in [-0.2, 0) is 24.4 Å². The maximum absolute atomic E-state index is 12.8. The molecule has 0 atom stereocenters. The molecular formula is C29H31ClN6O2S. The number of thiophene rings is 1. The van der Waals surface area contributed by atoms with Crippen LogP contribution in [0, 0.1) is 0 Å². The third-order valence-electron chi connectivity index (χ3n) is 6.76. The molecule has 5 rings (SSSR count). The minimum absolute atomic E-state index is 0.0506. The van der Waals surface area contributed by atoms with E-state index in [1.54, 1.807) is 29.9 Å². The Labute approximate surface area is 237 Å². The molecule has 8 nitrogen and oxygen atoms in total. The number of aromatic nitrogens is 3. The third kappa shape index (κ3) is 6.38. The second kappa shape index (κ2) is 12.5. The maximum Gasteiger partial charge on any atom is 0.246 e. The van der Waals surface area contributed by atoms with Crippen LogP contribution >= 0.6 is 22.9 Å². The summed E-state index contributed by atoms with van der Waals surface area (Å²) in [6, 6.07) is 11.3. The Morgan fingerprint density at radius 3 is 2.85 bits per heavy atom. The Balaban J connectivity index is 1.29. The van der Waals surface area contributed by atoms with E-state index in [1.165, 1.54) is 5.56 Å². The first-order valence-corrected chi connectivity index (χ1v) is 14.3. The van der Waals surface area contributed by atoms with Crippen molar-refractivity contribution in [3.05, 3.63) is 82.2 Å². The highest BCUT2D eigenvalue weighted by Crippen LogP contribution is 2.38. The topological polar surface area (TPSA) is 83.5 Å². The molecule has 39 heavy (non-hydrogen) atoms. The number of ether oxygens (including phenoxy) is 1. The molecule has 1 N–H and O–H groups in total. The first kappa shape index (κ1) is 27.1. The minimum Gasteiger partial charge on any atom is -0.486 e. The molecule has 1 aliphatic rings. The summed E-state index contributed by atoms with van der Waals surface area (Å²) >= 11 is 8.15. The standard InChI is InChI=1S/C29H31ClN6O2S/c1-3-35(4-2)14-7-9-26(37)36-15-12-22-25(17-36)39-29-27(22)28(32-19-33-29)34-20-10-11-24(23(30)16-20)38-18-21-8-5-6-13-31-21/h5-11,13,16,19H,3-4,12,14-15,17-18H2,1-2H3,(H,32,33,34)/b9-7+. The van der Waals surface area contributed by atoms with Gasteiger partial charge in [-0.3, -0.25) is 9.78 Å². The highest BCUT2D eigenvalue weighted by Gasteiger charge is 2.25. The summed E-state index contributed by atoms with van der Waals surface area (Å²) in [6.45, 7) is 8.56. The van der Waals surface area contributed by atoms with Crippen molar-refractivity contribution < 1.29 is 9.53 Å². The Bertz CT molecular complexity index is 1470. The Hall–Kier alpha value is -3.53. The summed E-state index contributed by atoms with van der Waals surface area (Å²) in [5.41, 5.74) is 2.84. The zero-order valence-electron chi connectivity index (χ0n) is 22.1. The van der Waals surface area contributed by atoms with Crippen LogP contribution in [0.15, 0.2) is 61.1 Å². The number of hydrogen-bond acceptors (Lipinski definition) is 8. The number of likely N-dealkylation sites (N-methyl/N-ethyl adjacent to an activating group) is 1. The number of carbonyl (C=O) groups is 1. The second-order valence-corrected chi connectivity index (χ2v) is 10.7. The molecule has 0 saturated heterocycles. The van der Waals surface area contributed by atoms with Crippen molar-refractivity contribution >= 4 is 50.6 Å². The van der Waals surface area contributed by atoms with E-state index in [9.17, 15) is 4.79 Å². The van der Waals surface area contributed by atoms with Crippen LogP contribution in [0.1, 0.15) is 30.0 Å². The van der Waals surface area contributed by atoms with Crippen molar-refractivity contribution in [1.29, 1.82) is 0 Å². The average Bonchev–Trinajstić information content (AvgIpc) is 3.34. The number of hydrogen-bond donors (Lipinski definition) is 1. The van der Waals surface area contributed by atoms with Gasteiger partial charge in [0.15, 0.2) is 0 Å². The lowest BCUT2D eigenvalue weighted by molar-refractivity contribution is -0.126. The van der Waals surface area contributed by atoms with Gasteiger partial charge in [0.1, 0.15) is 29.3 Å². The van der Waals surface area contributed by atoms with Gasteiger partial charge in [-0.2, -0.15) is 0 Å². The van der Waals surface area contributed by atoms with Gasteiger partial charge in [0.05, 0.1) is 22.6 Å². The van der Waals surface area contributed by atoms with Crippen molar-refractivity contribution in [3.63, 3.8) is 0 Å². The molecular weight excluding hydrogens is 532 g/mol. The van der Waals surface area contributed by atoms with Gasteiger partial charge in [0.25, 0.3) is 0 Å². The van der Waals surface area contributed by atoms with E-state index in [0.29, 0.717) is 30.5 Å². The van der Waals surface area contributed by atoms with E-state index >= 15 is 0 Å². The molecule has 0 fully saturated rings. The monoisotopic (exact) mass is 562 g/mol. The lowest BCUT2D eigenvalue weighted by Gasteiger charge is -2.26. The van der Waals surface area contributed by atoms with Gasteiger partial charge in [-0.1, -0.05) is 37.6 Å². The molecule has 10 heteroatoms. The number of nitrogens with one attached hydrogen (secondary N) is 1. The molecule has 4 heterocycles. The number of halogens is 1. The van der Waals surface area contributed by atoms with Gasteiger partial charge >= 0.3 is 0 Å². The molecule has 202 valence electrons. The number of anilines is 2. The van der Waals surface area contributed by atoms with Crippen LogP contribution in [0.3, 0.4) is 0 Å². The summed E-state index contributed by atoms with van der Waals surface area (Å²) in [7, 11) is 0. The SMILES string of the molecule is CCN(CC)C/C=C/C(=O)N1CCc2c(sc3ncnc(Nc4ccc(OCc5ccccn5)c(Cl)c4)c23)C1. The largest absolute Gasteiger partial charge is 0.486 e. The van der Waals surface area contributed by atoms with Crippen molar-refractivity contribution in [1.82, 2.24) is 24.8 Å². The van der Waals surface area contributed by atoms with Crippen molar-refractivity contribution in [2.24, 2.45) is 0 Å². The lowest BCUT2D eigenvalue weighted by atomic mass is 10.0. The Morgan fingerprint density at radius 1 is 1.21 bits per heavy atom. The fourth-order valence-corrected chi connectivity index (χ4v) is 6.01. The summed E-state index contributed by atoms with van der Waals surface area (Å²) in [5.74, 6) is 1.37. The van der Waals surface area contributed by atoms with Crippen LogP contribution in [-0.4, -0.2) is 56.8 Å². The second-order valence-electron chi connectivity index (χ2n) is 9.18. The van der Waals surface area contributed by atoms with Gasteiger partial charge in [-0.25, -0.2) is 9.97 Å². The van der Waals surface area contributed by atoms with Gasteiger partial charge in [0, 0.05) is 35.9 Å². The highest BCUT2D eigenvalue weighted by atomic mass is 35.5. The Kier molecular flexibility index (Phi) is 8.71. The van der Waals surface area contributed by atoms with Crippen LogP contribution in [0.5, 0.6) is 5.75 Å². The van der Waals surface area contributed by atoms with E-state index in [0.717, 1.165) is 58.3 Å². The van der Waals surface area contributed by atoms with E-state index < -0.39 is 0 Å². The highest BCUT2D eigenvalue weighted by molar-refractivity contribution is 7.19. The fraction of sp³-hybridized carbons (Fsp3) is 0.310. The molecule has 0 saturated carbocycles. The van der Waals surface area contributed by atoms with Crippen molar-refractivity contribution in [3.8, 4) is 5.75 Å². The smallest absolute Gasteiger partial charge is 0.246 e. The number of carbonyl (C=O) groups excluding carboxylic acids is 1. The Morgan fingerprint density at radius 2 is 2.08 bits per heavy atom. The van der Waals surface area contributed by atoms with E-state index in [-0.39, 0.29) is 5.91 Å². The molecule has 0 aliphatic carbocycles. The van der Waals surface area contributed by atoms with Crippen molar-refractivity contribution in [2.45, 2.75) is 33.4 Å². The quantitative estimate of drug-likeness (QED) is 0.243. The zero-order valence-corrected chi connectivity index (χ0v) is 23.6. The first-order valence-electron chi connectivity index (χ1n) is 13.1. The van der Waals surface area contributed by atoms with Crippen LogP contribution in [0.2, 0.25) is 5.02 Å². The van der Waals surface area contributed by atoms with E-state index in [2.05, 4.69) is 39.0 Å². The van der Waals surface area contributed by atoms with Crippen LogP contribution in [0.25, 0.3) is 10.2 Å². The molecule has 4 aromatic rings. The van der Waals surface area contributed by atoms with Crippen LogP contribution < -0.4 is 10.1 Å². The predicted octanol–water partition coefficient (Wildman–Crippen LogP) is 5.85. The molecule has 1 aliphatic heterocycles. The third-order valence-corrected chi connectivity index (χ3v) is 8.18. The van der Waals surface area contributed by atoms with E-state index in [1.807, 2.05) is 47.4 Å². The normalized spacial score (nSPS) is 13.3. The number of pyridine rings is 1. The molecule has 3 aromatic heterocycles. The zero-order chi connectivity index (χ0) is 27.2. The molecule has 0 unspecified atom stereocenters. The number of fused-ring (bicyclic) bond motifs is 3. The molecule has 0 spiro atoms. The first-order chi connectivity index (χ1) is 19.1. The molecule has 1 amide bonds. The van der Waals surface area contributed by atoms with Gasteiger partial charge in [-0.05, 0) is 55.4 Å². The molecule has 1 aromatic carbocycles. The summed E-state index contributed by atoms with van der Waals surface area (Å²) in [4.78, 5) is 32.4. The minimum atomic E-state index is 0.0506. The number of amides is 1. The number of rotatable bonds is 10. The van der Waals surface area contributed by atoms with E-state index in [4.69, 9.17) is 16.3 Å². The van der Waals surface area contributed by atoms with Gasteiger partial charge in [-0.15, -0.1) is 11.3 Å². The van der Waals surface area contributed by atoms with Gasteiger partial charge in [0.2, 0.25) is 5.91 Å². The van der Waals surface area contributed by atoms with Gasteiger partial charge < -0.3 is 19.9 Å². The molecule has 0 bridgehead atoms. The van der Waals surface area contributed by atoms with Crippen LogP contribution in [0.4, 0.5) is 11.5 Å². The predicted molar refractivity (Wildman–Crippen MR) is 157 cm³/mol. The number of nitrogens with zero attached hydrogens (tertiary/aromatic N) is 5. The summed E-state index contributed by atoms with van der Waals surface area (Å²) < 4.78 is 5.85. The lowest BCUT2D eigenvalue weighted by Crippen LogP contribution is -2.34. The average molecular weight is 563 g/mol.